The second-order valence-corrected chi connectivity index (χ2v) is 10.9. The Morgan fingerprint density at radius 3 is 1.68 bits per heavy atom. The summed E-state index contributed by atoms with van der Waals surface area (Å²) in [6, 6.07) is 14.7. The molecule has 0 aliphatic carbocycles. The number of rotatable bonds is 15. The minimum absolute atomic E-state index is 0. The molecule has 14 heteroatoms. The molecule has 0 aliphatic heterocycles. The van der Waals surface area contributed by atoms with Crippen LogP contribution in [0, 0.1) is 0 Å². The molecule has 0 N–H and O–H groups in total. The summed E-state index contributed by atoms with van der Waals surface area (Å²) in [7, 11) is -4.20. The first-order valence-corrected chi connectivity index (χ1v) is 14.9. The molecular formula is C27H30N2Na2O8S2. The van der Waals surface area contributed by atoms with Crippen molar-refractivity contribution in [1.82, 2.24) is 0 Å². The van der Waals surface area contributed by atoms with Gasteiger partial charge < -0.3 is 19.6 Å². The van der Waals surface area contributed by atoms with Crippen LogP contribution in [0.4, 0.5) is 11.4 Å². The zero-order chi connectivity index (χ0) is 28.4. The van der Waals surface area contributed by atoms with Gasteiger partial charge in [-0.1, -0.05) is 24.3 Å². The van der Waals surface area contributed by atoms with Crippen LogP contribution in [0.15, 0.2) is 58.1 Å². The summed E-state index contributed by atoms with van der Waals surface area (Å²) >= 11 is 0.871. The second kappa shape index (κ2) is 18.6. The molecular weight excluding hydrogens is 590 g/mol. The molecule has 0 aromatic heterocycles. The number of benzene rings is 2. The molecule has 0 saturated heterocycles. The summed E-state index contributed by atoms with van der Waals surface area (Å²) in [6.45, 7) is 5.92. The molecule has 0 fully saturated rings. The normalized spacial score (nSPS) is 10.9. The molecule has 210 valence electrons. The number of hydrogen-bond acceptors (Lipinski definition) is 11. The van der Waals surface area contributed by atoms with Crippen LogP contribution >= 0.6 is 12.0 Å². The van der Waals surface area contributed by atoms with E-state index in [2.05, 4.69) is 14.3 Å². The SMILES string of the molecule is CCN(CCCCS(=O)(=O)[O-])c1ccc(C=c2c(=O)c(=Cc3ccc(N(CC)CSOO[O-])cc3)c2=O)cc1.[Na+].[Na+]. The summed E-state index contributed by atoms with van der Waals surface area (Å²) < 4.78 is 36.6. The predicted octanol–water partition coefficient (Wildman–Crippen LogP) is -5.24. The van der Waals surface area contributed by atoms with Gasteiger partial charge >= 0.3 is 59.1 Å². The van der Waals surface area contributed by atoms with Crippen molar-refractivity contribution in [2.75, 3.05) is 41.1 Å². The van der Waals surface area contributed by atoms with Gasteiger partial charge in [0.1, 0.15) is 0 Å². The Morgan fingerprint density at radius 2 is 1.27 bits per heavy atom. The third-order valence-electron chi connectivity index (χ3n) is 6.24. The molecule has 0 unspecified atom stereocenters. The van der Waals surface area contributed by atoms with E-state index in [9.17, 15) is 27.8 Å². The Hall–Kier alpha value is -1.000. The summed E-state index contributed by atoms with van der Waals surface area (Å²) in [6.07, 6.45) is 4.03. The molecule has 41 heavy (non-hydrogen) atoms. The van der Waals surface area contributed by atoms with Gasteiger partial charge in [-0.05, 0) is 74.2 Å². The zero-order valence-corrected chi connectivity index (χ0v) is 29.3. The first-order chi connectivity index (χ1) is 18.7. The van der Waals surface area contributed by atoms with Gasteiger partial charge in [-0.2, -0.15) is 4.33 Å². The van der Waals surface area contributed by atoms with Crippen LogP contribution in [0.2, 0.25) is 0 Å². The Kier molecular flexibility index (Phi) is 17.3. The third-order valence-corrected chi connectivity index (χ3v) is 7.59. The maximum atomic E-state index is 12.7. The van der Waals surface area contributed by atoms with Crippen molar-refractivity contribution in [2.45, 2.75) is 26.7 Å². The van der Waals surface area contributed by atoms with E-state index in [0.717, 1.165) is 29.0 Å². The van der Waals surface area contributed by atoms with Gasteiger partial charge in [0.2, 0.25) is 10.9 Å². The van der Waals surface area contributed by atoms with Crippen molar-refractivity contribution in [1.29, 1.82) is 0 Å². The molecule has 0 heterocycles. The molecule has 0 atom stereocenters. The average Bonchev–Trinajstić information content (AvgIpc) is 2.93. The van der Waals surface area contributed by atoms with Gasteiger partial charge in [0.15, 0.2) is 0 Å². The Bertz CT molecular complexity index is 1490. The van der Waals surface area contributed by atoms with E-state index in [1.807, 2.05) is 55.1 Å². The zero-order valence-electron chi connectivity index (χ0n) is 23.7. The maximum Gasteiger partial charge on any atom is 1.00 e. The van der Waals surface area contributed by atoms with E-state index in [1.165, 1.54) is 0 Å². The minimum atomic E-state index is -4.20. The van der Waals surface area contributed by atoms with Crippen LogP contribution in [-0.4, -0.2) is 44.2 Å². The molecule has 0 bridgehead atoms. The van der Waals surface area contributed by atoms with Crippen molar-refractivity contribution < 1.29 is 86.7 Å². The molecule has 3 aromatic rings. The molecule has 0 radical (unpaired) electrons. The van der Waals surface area contributed by atoms with Gasteiger partial charge in [-0.15, -0.1) is 0 Å². The van der Waals surface area contributed by atoms with Crippen molar-refractivity contribution in [3.05, 3.63) is 90.5 Å². The Labute approximate surface area is 288 Å². The minimum Gasteiger partial charge on any atom is -0.748 e. The van der Waals surface area contributed by atoms with E-state index < -0.39 is 10.1 Å². The van der Waals surface area contributed by atoms with Crippen molar-refractivity contribution in [3.8, 4) is 0 Å². The number of unbranched alkanes of at least 4 members (excludes halogenated alkanes) is 1. The summed E-state index contributed by atoms with van der Waals surface area (Å²) in [5, 5.41) is 13.6. The van der Waals surface area contributed by atoms with Crippen LogP contribution < -0.4 is 95.5 Å². The van der Waals surface area contributed by atoms with Crippen LogP contribution in [0.25, 0.3) is 12.2 Å². The van der Waals surface area contributed by atoms with E-state index >= 15 is 0 Å². The second-order valence-electron chi connectivity index (χ2n) is 8.75. The van der Waals surface area contributed by atoms with Gasteiger partial charge in [-0.3, -0.25) is 14.6 Å². The Morgan fingerprint density at radius 1 is 0.805 bits per heavy atom. The topological polar surface area (TPSA) is 139 Å². The summed E-state index contributed by atoms with van der Waals surface area (Å²) in [4.78, 5) is 29.4. The molecule has 3 rings (SSSR count). The summed E-state index contributed by atoms with van der Waals surface area (Å²) in [5.74, 6) is 0.0185. The van der Waals surface area contributed by atoms with E-state index in [-0.39, 0.29) is 86.2 Å². The van der Waals surface area contributed by atoms with Crippen molar-refractivity contribution in [2.24, 2.45) is 0 Å². The third kappa shape index (κ3) is 11.5. The number of nitrogens with zero attached hydrogens (tertiary/aromatic N) is 2. The van der Waals surface area contributed by atoms with Crippen LogP contribution in [0.5, 0.6) is 0 Å². The number of anilines is 2. The maximum absolute atomic E-state index is 12.7. The van der Waals surface area contributed by atoms with Gasteiger partial charge in [0.25, 0.3) is 0 Å². The van der Waals surface area contributed by atoms with Gasteiger partial charge in [0, 0.05) is 36.8 Å². The van der Waals surface area contributed by atoms with Gasteiger partial charge in [-0.25, -0.2) is 8.42 Å². The van der Waals surface area contributed by atoms with Crippen LogP contribution in [0.1, 0.15) is 37.8 Å². The largest absolute Gasteiger partial charge is 1.00 e. The molecule has 0 saturated carbocycles. The van der Waals surface area contributed by atoms with Gasteiger partial charge in [0.05, 0.1) is 38.5 Å². The van der Waals surface area contributed by atoms with Crippen molar-refractivity contribution in [3.63, 3.8) is 0 Å². The van der Waals surface area contributed by atoms with E-state index in [4.69, 9.17) is 0 Å². The first-order valence-electron chi connectivity index (χ1n) is 12.4. The van der Waals surface area contributed by atoms with Crippen LogP contribution in [0.3, 0.4) is 0 Å². The van der Waals surface area contributed by atoms with E-state index in [1.54, 1.807) is 24.3 Å². The fourth-order valence-electron chi connectivity index (χ4n) is 4.10. The quantitative estimate of drug-likeness (QED) is 0.0306. The van der Waals surface area contributed by atoms with Crippen molar-refractivity contribution >= 4 is 45.7 Å². The fourth-order valence-corrected chi connectivity index (χ4v) is 5.20. The molecule has 0 amide bonds. The standard InChI is InChI=1S/C27H32N2O8S2.2Na/c1-3-28(15-5-6-16-39(33,34)35)22-11-7-20(8-12-22)17-24-26(30)25(27(24)31)18-21-9-13-23(14-10-21)29(4-2)19-38-37-36-32;;/h7-14,17-18,32H,3-6,15-16,19H2,1-2H3,(H,33,34,35);;/q;2*+1/p-2. The molecule has 0 spiro atoms. The molecule has 0 aliphatic rings. The number of hydrogen-bond donors (Lipinski definition) is 0. The average molecular weight is 621 g/mol. The molecule has 3 aromatic carbocycles. The van der Waals surface area contributed by atoms with Crippen LogP contribution in [-0.2, 0) is 19.5 Å². The smallest absolute Gasteiger partial charge is 0.748 e. The fraction of sp³-hybridized carbons (Fsp3) is 0.333. The summed E-state index contributed by atoms with van der Waals surface area (Å²) in [5.41, 5.74) is 2.63. The molecule has 10 nitrogen and oxygen atoms in total. The predicted molar refractivity (Wildman–Crippen MR) is 150 cm³/mol. The van der Waals surface area contributed by atoms with E-state index in [0.29, 0.717) is 43.9 Å². The first kappa shape index (κ1) is 38.0. The monoisotopic (exact) mass is 620 g/mol. The Balaban J connectivity index is 0.00000420.